The predicted octanol–water partition coefficient (Wildman–Crippen LogP) is 4.12. The molecule has 1 unspecified atom stereocenters. The normalized spacial score (nSPS) is 22.3. The van der Waals surface area contributed by atoms with Gasteiger partial charge in [0.25, 0.3) is 5.60 Å². The molecule has 1 aliphatic heterocycles. The third kappa shape index (κ3) is 4.74. The van der Waals surface area contributed by atoms with Gasteiger partial charge in [-0.15, -0.1) is 6.58 Å². The first-order valence-electron chi connectivity index (χ1n) is 8.87. The first-order valence-corrected chi connectivity index (χ1v) is 8.87. The van der Waals surface area contributed by atoms with Crippen LogP contribution in [0.4, 0.5) is 13.2 Å². The van der Waals surface area contributed by atoms with E-state index in [-0.39, 0.29) is 25.0 Å². The van der Waals surface area contributed by atoms with Gasteiger partial charge in [-0.1, -0.05) is 36.4 Å². The molecule has 8 heteroatoms. The molecule has 5 nitrogen and oxygen atoms in total. The molecule has 1 aromatic rings. The molecule has 0 spiro atoms. The number of rotatable bonds is 8. The summed E-state index contributed by atoms with van der Waals surface area (Å²) in [7, 11) is 0.834. The van der Waals surface area contributed by atoms with Gasteiger partial charge in [-0.3, -0.25) is 0 Å². The van der Waals surface area contributed by atoms with Gasteiger partial charge in [0.1, 0.15) is 6.10 Å². The molecule has 28 heavy (non-hydrogen) atoms. The molecule has 3 atom stereocenters. The van der Waals surface area contributed by atoms with Crippen LogP contribution in [0, 0.1) is 0 Å². The van der Waals surface area contributed by atoms with Gasteiger partial charge in [0.15, 0.2) is 5.79 Å². The summed E-state index contributed by atoms with van der Waals surface area (Å²) in [6.45, 7) is 7.30. The average Bonchev–Trinajstić information content (AvgIpc) is 2.94. The van der Waals surface area contributed by atoms with Crippen molar-refractivity contribution in [3.05, 3.63) is 48.6 Å². The zero-order chi connectivity index (χ0) is 21.0. The third-order valence-electron chi connectivity index (χ3n) is 4.47. The van der Waals surface area contributed by atoms with Crippen molar-refractivity contribution in [2.45, 2.75) is 56.5 Å². The predicted molar refractivity (Wildman–Crippen MR) is 95.4 cm³/mol. The van der Waals surface area contributed by atoms with Crippen LogP contribution in [-0.2, 0) is 29.3 Å². The van der Waals surface area contributed by atoms with Crippen LogP contribution in [-0.4, -0.2) is 43.9 Å². The van der Waals surface area contributed by atoms with Crippen LogP contribution in [0.3, 0.4) is 0 Å². The summed E-state index contributed by atoms with van der Waals surface area (Å²) < 4.78 is 63.0. The highest BCUT2D eigenvalue weighted by Crippen LogP contribution is 2.43. The van der Waals surface area contributed by atoms with E-state index >= 15 is 0 Å². The Kier molecular flexibility index (Phi) is 6.90. The summed E-state index contributed by atoms with van der Waals surface area (Å²) in [6.07, 6.45) is -4.48. The van der Waals surface area contributed by atoms with Crippen molar-refractivity contribution in [3.63, 3.8) is 0 Å². The second kappa shape index (κ2) is 8.63. The lowest BCUT2D eigenvalue weighted by atomic mass is 9.92. The molecule has 156 valence electrons. The van der Waals surface area contributed by atoms with E-state index in [2.05, 4.69) is 6.58 Å². The van der Waals surface area contributed by atoms with Gasteiger partial charge in [-0.05, 0) is 13.8 Å². The maximum Gasteiger partial charge on any atom is 0.432 e. The maximum absolute atomic E-state index is 14.0. The van der Waals surface area contributed by atoms with E-state index in [0.717, 1.165) is 7.11 Å². The Labute approximate surface area is 162 Å². The molecule has 1 saturated heterocycles. The van der Waals surface area contributed by atoms with E-state index in [1.54, 1.807) is 19.9 Å². The maximum atomic E-state index is 14.0. The van der Waals surface area contributed by atoms with E-state index in [1.165, 1.54) is 30.3 Å². The third-order valence-corrected chi connectivity index (χ3v) is 4.47. The zero-order valence-corrected chi connectivity index (χ0v) is 16.1. The minimum absolute atomic E-state index is 0.165. The topological polar surface area (TPSA) is 54.0 Å². The van der Waals surface area contributed by atoms with E-state index in [9.17, 15) is 18.0 Å². The Bertz CT molecular complexity index is 674. The fourth-order valence-corrected chi connectivity index (χ4v) is 3.17. The van der Waals surface area contributed by atoms with Gasteiger partial charge in [-0.25, -0.2) is 4.79 Å². The fraction of sp³-hybridized carbons (Fsp3) is 0.550. The SMILES string of the molecule is C=CC[C@H](C[C@H]1COC(C)(C)O1)OC(=O)C(OC)(c1ccccc1)C(F)(F)F. The molecular weight excluding hydrogens is 377 g/mol. The number of methoxy groups -OCH3 is 1. The molecule has 1 fully saturated rings. The standard InChI is InChI=1S/C20H25F3O5/c1-5-9-15(12-16-13-26-18(2,3)28-16)27-17(24)19(25-4,20(21,22)23)14-10-7-6-8-11-14/h5-8,10-11,15-16H,1,9,12-13H2,2-4H3/t15-,16+,19?/m1/s1. The molecule has 0 aliphatic carbocycles. The van der Waals surface area contributed by atoms with Crippen molar-refractivity contribution in [1.29, 1.82) is 0 Å². The van der Waals surface area contributed by atoms with Crippen molar-refractivity contribution in [2.75, 3.05) is 13.7 Å². The van der Waals surface area contributed by atoms with Crippen molar-refractivity contribution in [1.82, 2.24) is 0 Å². The number of ether oxygens (including phenoxy) is 4. The van der Waals surface area contributed by atoms with Crippen LogP contribution in [0.1, 0.15) is 32.3 Å². The lowest BCUT2D eigenvalue weighted by Gasteiger charge is -2.34. The van der Waals surface area contributed by atoms with Crippen molar-refractivity contribution < 1.29 is 36.9 Å². The lowest BCUT2D eigenvalue weighted by molar-refractivity contribution is -0.278. The van der Waals surface area contributed by atoms with Crippen LogP contribution in [0.15, 0.2) is 43.0 Å². The van der Waals surface area contributed by atoms with Crippen LogP contribution < -0.4 is 0 Å². The summed E-state index contributed by atoms with van der Waals surface area (Å²) in [5, 5.41) is 0. The van der Waals surface area contributed by atoms with Gasteiger partial charge in [-0.2, -0.15) is 13.2 Å². The number of hydrogen-bond acceptors (Lipinski definition) is 5. The minimum Gasteiger partial charge on any atom is -0.459 e. The van der Waals surface area contributed by atoms with Gasteiger partial charge in [0.05, 0.1) is 12.7 Å². The highest BCUT2D eigenvalue weighted by molar-refractivity contribution is 5.82. The van der Waals surface area contributed by atoms with Crippen LogP contribution >= 0.6 is 0 Å². The molecule has 0 bridgehead atoms. The van der Waals surface area contributed by atoms with E-state index in [4.69, 9.17) is 18.9 Å². The van der Waals surface area contributed by atoms with Crippen LogP contribution in [0.25, 0.3) is 0 Å². The number of carbonyl (C=O) groups is 1. The first-order chi connectivity index (χ1) is 13.1. The molecule has 0 amide bonds. The largest absolute Gasteiger partial charge is 0.459 e. The van der Waals surface area contributed by atoms with E-state index in [1.807, 2.05) is 0 Å². The number of halogens is 3. The minimum atomic E-state index is -5.02. The van der Waals surface area contributed by atoms with Crippen molar-refractivity contribution >= 4 is 5.97 Å². The molecule has 1 heterocycles. The zero-order valence-electron chi connectivity index (χ0n) is 16.1. The monoisotopic (exact) mass is 402 g/mol. The number of carbonyl (C=O) groups excluding carboxylic acids is 1. The van der Waals surface area contributed by atoms with Crippen LogP contribution in [0.5, 0.6) is 0 Å². The number of hydrogen-bond donors (Lipinski definition) is 0. The Morgan fingerprint density at radius 1 is 1.36 bits per heavy atom. The average molecular weight is 402 g/mol. The molecule has 1 aromatic carbocycles. The Morgan fingerprint density at radius 2 is 2.00 bits per heavy atom. The summed E-state index contributed by atoms with van der Waals surface area (Å²) in [6, 6.07) is 6.70. The number of alkyl halides is 3. The summed E-state index contributed by atoms with van der Waals surface area (Å²) >= 11 is 0. The Hall–Kier alpha value is -1.90. The van der Waals surface area contributed by atoms with Crippen molar-refractivity contribution in [2.24, 2.45) is 0 Å². The molecule has 1 aliphatic rings. The second-order valence-electron chi connectivity index (χ2n) is 6.99. The molecule has 0 aromatic heterocycles. The molecular formula is C20H25F3O5. The summed E-state index contributed by atoms with van der Waals surface area (Å²) in [5.74, 6) is -2.32. The van der Waals surface area contributed by atoms with Gasteiger partial charge in [0.2, 0.25) is 0 Å². The molecule has 0 radical (unpaired) electrons. The number of esters is 1. The van der Waals surface area contributed by atoms with E-state index < -0.39 is 35.7 Å². The Morgan fingerprint density at radius 3 is 2.46 bits per heavy atom. The van der Waals surface area contributed by atoms with Gasteiger partial charge >= 0.3 is 12.1 Å². The smallest absolute Gasteiger partial charge is 0.432 e. The molecule has 0 N–H and O–H groups in total. The summed E-state index contributed by atoms with van der Waals surface area (Å²) in [5.41, 5.74) is -3.58. The lowest BCUT2D eigenvalue weighted by Crippen LogP contribution is -2.52. The van der Waals surface area contributed by atoms with Gasteiger partial charge < -0.3 is 18.9 Å². The highest BCUT2D eigenvalue weighted by atomic mass is 19.4. The molecule has 0 saturated carbocycles. The fourth-order valence-electron chi connectivity index (χ4n) is 3.17. The first kappa shape index (κ1) is 22.4. The number of benzene rings is 1. The molecule has 2 rings (SSSR count). The summed E-state index contributed by atoms with van der Waals surface area (Å²) in [4.78, 5) is 12.8. The van der Waals surface area contributed by atoms with Crippen molar-refractivity contribution in [3.8, 4) is 0 Å². The Balaban J connectivity index is 2.26. The van der Waals surface area contributed by atoms with E-state index in [0.29, 0.717) is 0 Å². The highest BCUT2D eigenvalue weighted by Gasteiger charge is 2.64. The van der Waals surface area contributed by atoms with Gasteiger partial charge in [0, 0.05) is 25.5 Å². The van der Waals surface area contributed by atoms with Crippen LogP contribution in [0.2, 0.25) is 0 Å². The quantitative estimate of drug-likeness (QED) is 0.484. The second-order valence-corrected chi connectivity index (χ2v) is 6.99.